The number of hydrogen-bond donors (Lipinski definition) is 3. The zero-order chi connectivity index (χ0) is 27.9. The van der Waals surface area contributed by atoms with Gasteiger partial charge in [0, 0.05) is 34.1 Å². The molecule has 1 atom stereocenters. The average molecular weight is 551 g/mol. The third kappa shape index (κ3) is 4.72. The van der Waals surface area contributed by atoms with Crippen LogP contribution in [-0.4, -0.2) is 29.7 Å². The molecular formula is C31H26N4O4S. The Kier molecular flexibility index (Phi) is 6.37. The number of fused-ring (bicyclic) bond motifs is 2. The predicted octanol–water partition coefficient (Wildman–Crippen LogP) is 5.46. The SMILES string of the molecule is Nc1nccc2ccc(OCC(c3ccccc3)n3cc4cc(-c5ccccc5S(N)(=O)=O)ccc4c3O)cc12. The number of rotatable bonds is 7. The van der Waals surface area contributed by atoms with E-state index in [9.17, 15) is 13.5 Å². The second kappa shape index (κ2) is 10.0. The molecule has 2 heterocycles. The molecule has 0 aliphatic rings. The summed E-state index contributed by atoms with van der Waals surface area (Å²) in [7, 11) is -3.92. The van der Waals surface area contributed by atoms with E-state index in [1.807, 2.05) is 66.9 Å². The van der Waals surface area contributed by atoms with Gasteiger partial charge in [-0.3, -0.25) is 0 Å². The van der Waals surface area contributed by atoms with Crippen molar-refractivity contribution in [2.75, 3.05) is 12.3 Å². The zero-order valence-electron chi connectivity index (χ0n) is 21.3. The molecule has 0 aliphatic carbocycles. The van der Waals surface area contributed by atoms with Crippen LogP contribution in [0.15, 0.2) is 114 Å². The van der Waals surface area contributed by atoms with Crippen molar-refractivity contribution >= 4 is 37.4 Å². The van der Waals surface area contributed by atoms with Crippen LogP contribution in [0.5, 0.6) is 11.6 Å². The number of pyridine rings is 1. The molecule has 200 valence electrons. The van der Waals surface area contributed by atoms with Crippen molar-refractivity contribution in [3.05, 3.63) is 115 Å². The highest BCUT2D eigenvalue weighted by atomic mass is 32.2. The zero-order valence-corrected chi connectivity index (χ0v) is 22.1. The number of ether oxygens (including phenoxy) is 1. The standard InChI is InChI=1S/C31H26N4O4S/c32-30-27-17-24(12-10-20(27)14-15-34-30)39-19-28(21-6-2-1-3-7-21)35-18-23-16-22(11-13-26(23)31(35)36)25-8-4-5-9-29(25)40(33,37)38/h1-18,28,36H,19H2,(H2,32,34)(H2,33,37,38). The van der Waals surface area contributed by atoms with Crippen LogP contribution in [0.25, 0.3) is 32.7 Å². The van der Waals surface area contributed by atoms with Crippen LogP contribution in [0, 0.1) is 0 Å². The summed E-state index contributed by atoms with van der Waals surface area (Å²) in [5.74, 6) is 1.13. The van der Waals surface area contributed by atoms with E-state index in [1.165, 1.54) is 6.07 Å². The van der Waals surface area contributed by atoms with Crippen molar-refractivity contribution in [1.82, 2.24) is 9.55 Å². The van der Waals surface area contributed by atoms with Crippen molar-refractivity contribution < 1.29 is 18.3 Å². The van der Waals surface area contributed by atoms with Crippen molar-refractivity contribution in [3.63, 3.8) is 0 Å². The summed E-state index contributed by atoms with van der Waals surface area (Å²) in [6.07, 6.45) is 3.51. The molecule has 1 unspecified atom stereocenters. The summed E-state index contributed by atoms with van der Waals surface area (Å²) in [6.45, 7) is 0.228. The number of sulfonamides is 1. The van der Waals surface area contributed by atoms with Crippen molar-refractivity contribution in [2.45, 2.75) is 10.9 Å². The molecule has 0 fully saturated rings. The third-order valence-electron chi connectivity index (χ3n) is 7.02. The Morgan fingerprint density at radius 2 is 1.65 bits per heavy atom. The van der Waals surface area contributed by atoms with E-state index in [0.29, 0.717) is 28.1 Å². The first-order valence-corrected chi connectivity index (χ1v) is 14.1. The van der Waals surface area contributed by atoms with E-state index in [0.717, 1.165) is 21.7 Å². The Morgan fingerprint density at radius 3 is 2.45 bits per heavy atom. The van der Waals surface area contributed by atoms with Crippen LogP contribution >= 0.6 is 0 Å². The van der Waals surface area contributed by atoms with E-state index >= 15 is 0 Å². The molecule has 2 aromatic heterocycles. The van der Waals surface area contributed by atoms with Gasteiger partial charge in [-0.15, -0.1) is 0 Å². The number of primary sulfonamides is 1. The van der Waals surface area contributed by atoms with Crippen LogP contribution in [0.4, 0.5) is 5.82 Å². The van der Waals surface area contributed by atoms with Crippen LogP contribution in [0.3, 0.4) is 0 Å². The molecule has 9 heteroatoms. The minimum absolute atomic E-state index is 0.0415. The first-order chi connectivity index (χ1) is 19.3. The fourth-order valence-corrected chi connectivity index (χ4v) is 5.79. The number of nitrogens with zero attached hydrogens (tertiary/aromatic N) is 2. The lowest BCUT2D eigenvalue weighted by molar-refractivity contribution is 0.261. The number of aromatic hydroxyl groups is 1. The maximum atomic E-state index is 12.2. The van der Waals surface area contributed by atoms with E-state index in [1.54, 1.807) is 41.1 Å². The Balaban J connectivity index is 1.40. The fraction of sp³-hybridized carbons (Fsp3) is 0.0645. The molecule has 0 radical (unpaired) electrons. The average Bonchev–Trinajstić information content (AvgIpc) is 3.29. The molecule has 6 rings (SSSR count). The van der Waals surface area contributed by atoms with Crippen molar-refractivity contribution in [1.29, 1.82) is 0 Å². The molecular weight excluding hydrogens is 524 g/mol. The molecule has 4 aromatic carbocycles. The lowest BCUT2D eigenvalue weighted by atomic mass is 10.0. The number of benzene rings is 4. The Morgan fingerprint density at radius 1 is 0.875 bits per heavy atom. The maximum Gasteiger partial charge on any atom is 0.238 e. The fourth-order valence-electron chi connectivity index (χ4n) is 5.03. The molecule has 6 aromatic rings. The number of anilines is 1. The van der Waals surface area contributed by atoms with Gasteiger partial charge in [-0.2, -0.15) is 0 Å². The quantitative estimate of drug-likeness (QED) is 0.242. The van der Waals surface area contributed by atoms with E-state index < -0.39 is 10.0 Å². The lowest BCUT2D eigenvalue weighted by Gasteiger charge is -2.21. The number of nitrogens with two attached hydrogens (primary N) is 2. The molecule has 5 N–H and O–H groups in total. The topological polar surface area (TPSA) is 133 Å². The molecule has 0 saturated carbocycles. The van der Waals surface area contributed by atoms with E-state index in [-0.39, 0.29) is 23.4 Å². The van der Waals surface area contributed by atoms with Crippen LogP contribution in [0.1, 0.15) is 11.6 Å². The van der Waals surface area contributed by atoms with Gasteiger partial charge in [-0.05, 0) is 52.9 Å². The van der Waals surface area contributed by atoms with Gasteiger partial charge in [0.05, 0.1) is 10.9 Å². The minimum Gasteiger partial charge on any atom is -0.494 e. The van der Waals surface area contributed by atoms with Gasteiger partial charge in [0.1, 0.15) is 18.2 Å². The highest BCUT2D eigenvalue weighted by Gasteiger charge is 2.21. The van der Waals surface area contributed by atoms with Crippen LogP contribution in [-0.2, 0) is 10.0 Å². The maximum absolute atomic E-state index is 12.2. The molecule has 0 bridgehead atoms. The lowest BCUT2D eigenvalue weighted by Crippen LogP contribution is -2.18. The summed E-state index contributed by atoms with van der Waals surface area (Å²) >= 11 is 0. The predicted molar refractivity (Wildman–Crippen MR) is 157 cm³/mol. The van der Waals surface area contributed by atoms with Gasteiger partial charge >= 0.3 is 0 Å². The Bertz CT molecular complexity index is 1970. The number of nitrogen functional groups attached to an aromatic ring is 1. The molecule has 8 nitrogen and oxygen atoms in total. The molecule has 0 amide bonds. The Hall–Kier alpha value is -4.86. The summed E-state index contributed by atoms with van der Waals surface area (Å²) in [6, 6.07) is 29.0. The smallest absolute Gasteiger partial charge is 0.238 e. The van der Waals surface area contributed by atoms with Crippen molar-refractivity contribution in [3.8, 4) is 22.8 Å². The monoisotopic (exact) mass is 550 g/mol. The normalized spacial score (nSPS) is 12.5. The summed E-state index contributed by atoms with van der Waals surface area (Å²) in [5, 5.41) is 19.9. The van der Waals surface area contributed by atoms with Crippen LogP contribution < -0.4 is 15.6 Å². The van der Waals surface area contributed by atoms with E-state index in [4.69, 9.17) is 15.6 Å². The van der Waals surface area contributed by atoms with Gasteiger partial charge in [0.2, 0.25) is 10.0 Å². The number of hydrogen-bond acceptors (Lipinski definition) is 6. The third-order valence-corrected chi connectivity index (χ3v) is 7.99. The first-order valence-electron chi connectivity index (χ1n) is 12.6. The summed E-state index contributed by atoms with van der Waals surface area (Å²) in [5.41, 5.74) is 8.18. The Labute approximate surface area is 231 Å². The van der Waals surface area contributed by atoms with E-state index in [2.05, 4.69) is 4.98 Å². The van der Waals surface area contributed by atoms with Gasteiger partial charge in [-0.1, -0.05) is 60.7 Å². The molecule has 40 heavy (non-hydrogen) atoms. The minimum atomic E-state index is -3.92. The number of aromatic nitrogens is 2. The van der Waals surface area contributed by atoms with Gasteiger partial charge in [0.25, 0.3) is 0 Å². The molecule has 0 aliphatic heterocycles. The van der Waals surface area contributed by atoms with Gasteiger partial charge in [-0.25, -0.2) is 18.5 Å². The highest BCUT2D eigenvalue weighted by Crippen LogP contribution is 2.37. The molecule has 0 saturated heterocycles. The molecule has 0 spiro atoms. The van der Waals surface area contributed by atoms with Gasteiger partial charge < -0.3 is 20.1 Å². The highest BCUT2D eigenvalue weighted by molar-refractivity contribution is 7.89. The largest absolute Gasteiger partial charge is 0.494 e. The second-order valence-electron chi connectivity index (χ2n) is 9.52. The van der Waals surface area contributed by atoms with Crippen molar-refractivity contribution in [2.24, 2.45) is 5.14 Å². The second-order valence-corrected chi connectivity index (χ2v) is 11.0. The van der Waals surface area contributed by atoms with Crippen LogP contribution in [0.2, 0.25) is 0 Å². The summed E-state index contributed by atoms with van der Waals surface area (Å²) in [4.78, 5) is 4.21. The van der Waals surface area contributed by atoms with Gasteiger partial charge in [0.15, 0.2) is 5.88 Å². The summed E-state index contributed by atoms with van der Waals surface area (Å²) < 4.78 is 32.4. The first kappa shape index (κ1) is 25.4.